The quantitative estimate of drug-likeness (QED) is 0.445. The molecule has 0 fully saturated rings. The van der Waals surface area contributed by atoms with Gasteiger partial charge < -0.3 is 15.0 Å². The molecule has 1 atom stereocenters. The highest BCUT2D eigenvalue weighted by Gasteiger charge is 2.23. The van der Waals surface area contributed by atoms with Gasteiger partial charge in [-0.05, 0) is 22.8 Å². The number of hydrogen-bond donors (Lipinski definition) is 2. The molecule has 156 valence electrons. The lowest BCUT2D eigenvalue weighted by atomic mass is 10.0. The molecule has 1 heterocycles. The number of carbonyl (C=O) groups is 2. The number of ether oxygens (including phenoxy) is 1. The highest BCUT2D eigenvalue weighted by molar-refractivity contribution is 5.96. The molecule has 0 spiro atoms. The van der Waals surface area contributed by atoms with Crippen LogP contribution in [0.5, 0.6) is 0 Å². The van der Waals surface area contributed by atoms with Crippen molar-refractivity contribution in [3.63, 3.8) is 0 Å². The van der Waals surface area contributed by atoms with Gasteiger partial charge in [0, 0.05) is 17.3 Å². The standard InChI is InChI=1S/C26H24N2O3/c1-31-26(30)23(16-18-10-4-2-5-11-18)27-24(29)17-21-20-14-8-9-15-22(20)28-25(21)19-12-6-3-7-13-19/h2-15,23,28H,16-17H2,1H3,(H,27,29)/t23-/m0/s1. The zero-order valence-electron chi connectivity index (χ0n) is 17.3. The second kappa shape index (κ2) is 9.30. The minimum absolute atomic E-state index is 0.149. The van der Waals surface area contributed by atoms with E-state index in [1.165, 1.54) is 7.11 Å². The summed E-state index contributed by atoms with van der Waals surface area (Å²) in [6.45, 7) is 0. The van der Waals surface area contributed by atoms with E-state index in [0.29, 0.717) is 6.42 Å². The molecule has 5 nitrogen and oxygen atoms in total. The minimum atomic E-state index is -0.745. The third-order valence-electron chi connectivity index (χ3n) is 5.32. The molecular weight excluding hydrogens is 388 g/mol. The zero-order valence-corrected chi connectivity index (χ0v) is 17.3. The Balaban J connectivity index is 1.60. The Bertz CT molecular complexity index is 1180. The number of carbonyl (C=O) groups excluding carboxylic acids is 2. The van der Waals surface area contributed by atoms with Gasteiger partial charge in [-0.25, -0.2) is 4.79 Å². The molecule has 0 aliphatic rings. The summed E-state index contributed by atoms with van der Waals surface area (Å²) in [7, 11) is 1.33. The smallest absolute Gasteiger partial charge is 0.328 e. The van der Waals surface area contributed by atoms with Crippen LogP contribution in [0, 0.1) is 0 Å². The van der Waals surface area contributed by atoms with Crippen LogP contribution in [-0.2, 0) is 27.2 Å². The van der Waals surface area contributed by atoms with Crippen LogP contribution in [0.15, 0.2) is 84.9 Å². The van der Waals surface area contributed by atoms with Gasteiger partial charge in [0.25, 0.3) is 0 Å². The molecule has 0 aliphatic carbocycles. The van der Waals surface area contributed by atoms with Crippen molar-refractivity contribution >= 4 is 22.8 Å². The molecule has 0 saturated heterocycles. The van der Waals surface area contributed by atoms with Crippen molar-refractivity contribution in [2.24, 2.45) is 0 Å². The Kier molecular flexibility index (Phi) is 6.13. The van der Waals surface area contributed by atoms with E-state index < -0.39 is 12.0 Å². The van der Waals surface area contributed by atoms with E-state index in [4.69, 9.17) is 4.74 Å². The lowest BCUT2D eigenvalue weighted by molar-refractivity contribution is -0.145. The number of esters is 1. The number of rotatable bonds is 7. The Labute approximate surface area is 181 Å². The molecule has 2 N–H and O–H groups in total. The molecule has 4 aromatic rings. The summed E-state index contributed by atoms with van der Waals surface area (Å²) in [6, 6.07) is 26.7. The third-order valence-corrected chi connectivity index (χ3v) is 5.32. The molecule has 0 saturated carbocycles. The van der Waals surface area contributed by atoms with Gasteiger partial charge in [0.05, 0.1) is 19.2 Å². The average Bonchev–Trinajstić information content (AvgIpc) is 3.17. The largest absolute Gasteiger partial charge is 0.467 e. The van der Waals surface area contributed by atoms with Crippen molar-refractivity contribution in [1.29, 1.82) is 0 Å². The SMILES string of the molecule is COC(=O)[C@H](Cc1ccccc1)NC(=O)Cc1c(-c2ccccc2)[nH]c2ccccc12. The lowest BCUT2D eigenvalue weighted by Crippen LogP contribution is -2.43. The Morgan fingerprint density at radius 3 is 2.26 bits per heavy atom. The van der Waals surface area contributed by atoms with Gasteiger partial charge in [0.1, 0.15) is 6.04 Å². The first-order valence-electron chi connectivity index (χ1n) is 10.2. The summed E-state index contributed by atoms with van der Waals surface area (Å²) < 4.78 is 4.92. The number of benzene rings is 3. The summed E-state index contributed by atoms with van der Waals surface area (Å²) in [5.74, 6) is -0.687. The number of aromatic amines is 1. The molecule has 5 heteroatoms. The molecule has 0 aliphatic heterocycles. The number of fused-ring (bicyclic) bond motifs is 1. The molecule has 4 rings (SSSR count). The van der Waals surface area contributed by atoms with E-state index in [2.05, 4.69) is 10.3 Å². The van der Waals surface area contributed by atoms with Gasteiger partial charge in [0.15, 0.2) is 0 Å². The maximum absolute atomic E-state index is 13.0. The maximum atomic E-state index is 13.0. The van der Waals surface area contributed by atoms with Crippen molar-refractivity contribution < 1.29 is 14.3 Å². The van der Waals surface area contributed by atoms with E-state index in [9.17, 15) is 9.59 Å². The number of aromatic nitrogens is 1. The Morgan fingerprint density at radius 1 is 0.903 bits per heavy atom. The van der Waals surface area contributed by atoms with Crippen molar-refractivity contribution in [2.45, 2.75) is 18.9 Å². The van der Waals surface area contributed by atoms with Crippen LogP contribution in [0.3, 0.4) is 0 Å². The predicted octanol–water partition coefficient (Wildman–Crippen LogP) is 4.28. The molecule has 0 unspecified atom stereocenters. The molecule has 0 radical (unpaired) electrons. The summed E-state index contributed by atoms with van der Waals surface area (Å²) in [5, 5.41) is 3.87. The zero-order chi connectivity index (χ0) is 21.6. The first-order chi connectivity index (χ1) is 15.2. The van der Waals surface area contributed by atoms with Crippen LogP contribution in [0.25, 0.3) is 22.2 Å². The highest BCUT2D eigenvalue weighted by Crippen LogP contribution is 2.30. The van der Waals surface area contributed by atoms with Gasteiger partial charge in [-0.3, -0.25) is 4.79 Å². The van der Waals surface area contributed by atoms with Crippen molar-refractivity contribution in [3.8, 4) is 11.3 Å². The first-order valence-corrected chi connectivity index (χ1v) is 10.2. The number of hydrogen-bond acceptors (Lipinski definition) is 3. The fraction of sp³-hybridized carbons (Fsp3) is 0.154. The van der Waals surface area contributed by atoms with Crippen LogP contribution < -0.4 is 5.32 Å². The minimum Gasteiger partial charge on any atom is -0.467 e. The van der Waals surface area contributed by atoms with Gasteiger partial charge in [-0.1, -0.05) is 78.9 Å². The van der Waals surface area contributed by atoms with Gasteiger partial charge in [-0.15, -0.1) is 0 Å². The predicted molar refractivity (Wildman–Crippen MR) is 122 cm³/mol. The van der Waals surface area contributed by atoms with Crippen LogP contribution in [-0.4, -0.2) is 30.0 Å². The van der Waals surface area contributed by atoms with E-state index in [0.717, 1.165) is 33.3 Å². The maximum Gasteiger partial charge on any atom is 0.328 e. The topological polar surface area (TPSA) is 71.2 Å². The van der Waals surface area contributed by atoms with Crippen molar-refractivity contribution in [3.05, 3.63) is 96.1 Å². The van der Waals surface area contributed by atoms with Gasteiger partial charge >= 0.3 is 5.97 Å². The monoisotopic (exact) mass is 412 g/mol. The van der Waals surface area contributed by atoms with Crippen molar-refractivity contribution in [1.82, 2.24) is 10.3 Å². The van der Waals surface area contributed by atoms with Crippen molar-refractivity contribution in [2.75, 3.05) is 7.11 Å². The Hall–Kier alpha value is -3.86. The Morgan fingerprint density at radius 2 is 1.55 bits per heavy atom. The molecule has 31 heavy (non-hydrogen) atoms. The number of nitrogens with one attached hydrogen (secondary N) is 2. The fourth-order valence-electron chi connectivity index (χ4n) is 3.83. The molecule has 0 bridgehead atoms. The highest BCUT2D eigenvalue weighted by atomic mass is 16.5. The van der Waals surface area contributed by atoms with Crippen LogP contribution >= 0.6 is 0 Å². The molecular formula is C26H24N2O3. The fourth-order valence-corrected chi connectivity index (χ4v) is 3.83. The average molecular weight is 412 g/mol. The van der Waals surface area contributed by atoms with Crippen LogP contribution in [0.4, 0.5) is 0 Å². The number of methoxy groups -OCH3 is 1. The first kappa shape index (κ1) is 20.4. The van der Waals surface area contributed by atoms with E-state index in [1.807, 2.05) is 84.9 Å². The summed E-state index contributed by atoms with van der Waals surface area (Å²) in [4.78, 5) is 28.8. The molecule has 1 aromatic heterocycles. The summed E-state index contributed by atoms with van der Waals surface area (Å²) in [6.07, 6.45) is 0.523. The number of para-hydroxylation sites is 1. The molecule has 3 aromatic carbocycles. The third kappa shape index (κ3) is 4.67. The lowest BCUT2D eigenvalue weighted by Gasteiger charge is -2.17. The van der Waals surface area contributed by atoms with Crippen LogP contribution in [0.2, 0.25) is 0 Å². The van der Waals surface area contributed by atoms with Gasteiger partial charge in [-0.2, -0.15) is 0 Å². The number of amides is 1. The number of H-pyrrole nitrogens is 1. The summed E-state index contributed by atoms with van der Waals surface area (Å²) >= 11 is 0. The molecule has 1 amide bonds. The normalized spacial score (nSPS) is 11.8. The van der Waals surface area contributed by atoms with Crippen LogP contribution in [0.1, 0.15) is 11.1 Å². The van der Waals surface area contributed by atoms with E-state index in [1.54, 1.807) is 0 Å². The van der Waals surface area contributed by atoms with Gasteiger partial charge in [0.2, 0.25) is 5.91 Å². The van der Waals surface area contributed by atoms with E-state index in [-0.39, 0.29) is 12.3 Å². The summed E-state index contributed by atoms with van der Waals surface area (Å²) in [5.41, 5.74) is 4.75. The second-order valence-electron chi connectivity index (χ2n) is 7.40. The van der Waals surface area contributed by atoms with E-state index >= 15 is 0 Å². The second-order valence-corrected chi connectivity index (χ2v) is 7.40.